The number of aromatic amines is 1. The summed E-state index contributed by atoms with van der Waals surface area (Å²) in [5, 5.41) is 1.32. The molecule has 17 heavy (non-hydrogen) atoms. The van der Waals surface area contributed by atoms with E-state index in [0.29, 0.717) is 6.00 Å². The highest BCUT2D eigenvalue weighted by atomic mass is 35.5. The van der Waals surface area contributed by atoms with Crippen molar-refractivity contribution in [2.75, 3.05) is 19.1 Å². The fraction of sp³-hybridized carbons (Fsp3) is 0.286. The molecule has 3 rings (SSSR count). The first-order valence-electron chi connectivity index (χ1n) is 5.92. The van der Waals surface area contributed by atoms with Gasteiger partial charge in [0.2, 0.25) is 0 Å². The molecule has 1 aliphatic heterocycles. The second-order valence-corrected chi connectivity index (χ2v) is 4.66. The van der Waals surface area contributed by atoms with Gasteiger partial charge in [-0.1, -0.05) is 24.3 Å². The predicted octanol–water partition coefficient (Wildman–Crippen LogP) is 3.45. The van der Waals surface area contributed by atoms with Crippen molar-refractivity contribution in [2.24, 2.45) is 0 Å². The summed E-state index contributed by atoms with van der Waals surface area (Å²) in [5.74, 6) is 0. The number of para-hydroxylation sites is 1. The molecule has 0 saturated heterocycles. The fourth-order valence-electron chi connectivity index (χ4n) is 2.40. The minimum absolute atomic E-state index is 0.623. The second kappa shape index (κ2) is 4.55. The van der Waals surface area contributed by atoms with Crippen LogP contribution in [0.5, 0.6) is 0 Å². The summed E-state index contributed by atoms with van der Waals surface area (Å²) in [6.07, 6.45) is 5.49. The van der Waals surface area contributed by atoms with Gasteiger partial charge >= 0.3 is 0 Å². The van der Waals surface area contributed by atoms with E-state index < -0.39 is 0 Å². The molecule has 1 aliphatic rings. The van der Waals surface area contributed by atoms with Crippen LogP contribution in [0, 0.1) is 0 Å². The highest BCUT2D eigenvalue weighted by Gasteiger charge is 2.14. The molecule has 3 heteroatoms. The minimum atomic E-state index is 0.623. The number of hydrogen-bond donors (Lipinski definition) is 1. The zero-order valence-electron chi connectivity index (χ0n) is 9.62. The van der Waals surface area contributed by atoms with Crippen LogP contribution in [0.3, 0.4) is 0 Å². The summed E-state index contributed by atoms with van der Waals surface area (Å²) in [4.78, 5) is 5.57. The highest BCUT2D eigenvalue weighted by Crippen LogP contribution is 2.28. The van der Waals surface area contributed by atoms with Crippen molar-refractivity contribution in [3.63, 3.8) is 0 Å². The lowest BCUT2D eigenvalue weighted by molar-refractivity contribution is 0.352. The normalized spacial score (nSPS) is 17.4. The number of H-pyrrole nitrogens is 1. The van der Waals surface area contributed by atoms with Crippen molar-refractivity contribution in [3.8, 4) is 0 Å². The average Bonchev–Trinajstić information content (AvgIpc) is 2.83. The maximum atomic E-state index is 5.84. The molecule has 0 spiro atoms. The van der Waals surface area contributed by atoms with E-state index in [2.05, 4.69) is 46.4 Å². The van der Waals surface area contributed by atoms with E-state index >= 15 is 0 Å². The van der Waals surface area contributed by atoms with Crippen LogP contribution in [0.1, 0.15) is 12.0 Å². The van der Waals surface area contributed by atoms with Gasteiger partial charge < -0.3 is 4.98 Å². The Bertz CT molecular complexity index is 556. The minimum Gasteiger partial charge on any atom is -0.361 e. The van der Waals surface area contributed by atoms with Crippen LogP contribution >= 0.6 is 11.6 Å². The molecule has 0 unspecified atom stereocenters. The van der Waals surface area contributed by atoms with E-state index in [1.54, 1.807) is 0 Å². The molecule has 0 atom stereocenters. The number of fused-ring (bicyclic) bond motifs is 1. The Labute approximate surface area is 106 Å². The van der Waals surface area contributed by atoms with E-state index in [1.165, 1.54) is 22.0 Å². The first-order chi connectivity index (χ1) is 8.38. The molecular formula is C14H15ClN2. The Morgan fingerprint density at radius 1 is 1.29 bits per heavy atom. The second-order valence-electron chi connectivity index (χ2n) is 4.42. The molecule has 0 amide bonds. The third kappa shape index (κ3) is 1.99. The lowest BCUT2D eigenvalue weighted by Gasteiger charge is -2.23. The summed E-state index contributed by atoms with van der Waals surface area (Å²) in [6, 6.07) is 9.07. The number of alkyl halides is 1. The number of hydrogen-bond acceptors (Lipinski definition) is 1. The summed E-state index contributed by atoms with van der Waals surface area (Å²) in [5.41, 5.74) is 3.99. The number of benzene rings is 1. The molecule has 2 heterocycles. The molecule has 1 aromatic heterocycles. The SMILES string of the molecule is ClCN1CC=C(c2c[nH]c3ccccc23)CC1. The third-order valence-electron chi connectivity index (χ3n) is 3.40. The van der Waals surface area contributed by atoms with E-state index in [-0.39, 0.29) is 0 Å². The van der Waals surface area contributed by atoms with Gasteiger partial charge in [-0.15, -0.1) is 11.6 Å². The summed E-state index contributed by atoms with van der Waals surface area (Å²) < 4.78 is 0. The van der Waals surface area contributed by atoms with Crippen LogP contribution in [-0.2, 0) is 0 Å². The third-order valence-corrected chi connectivity index (χ3v) is 3.74. The van der Waals surface area contributed by atoms with Crippen molar-refractivity contribution in [1.82, 2.24) is 9.88 Å². The van der Waals surface area contributed by atoms with Gasteiger partial charge in [0, 0.05) is 35.8 Å². The molecule has 0 fully saturated rings. The topological polar surface area (TPSA) is 19.0 Å². The maximum Gasteiger partial charge on any atom is 0.0741 e. The van der Waals surface area contributed by atoms with E-state index in [4.69, 9.17) is 11.6 Å². The van der Waals surface area contributed by atoms with Gasteiger partial charge in [0.15, 0.2) is 0 Å². The van der Waals surface area contributed by atoms with E-state index in [9.17, 15) is 0 Å². The lowest BCUT2D eigenvalue weighted by Crippen LogP contribution is -2.27. The van der Waals surface area contributed by atoms with Crippen LogP contribution in [0.25, 0.3) is 16.5 Å². The van der Waals surface area contributed by atoms with E-state index in [0.717, 1.165) is 19.5 Å². The van der Waals surface area contributed by atoms with Crippen molar-refractivity contribution in [2.45, 2.75) is 6.42 Å². The van der Waals surface area contributed by atoms with Gasteiger partial charge in [-0.2, -0.15) is 0 Å². The van der Waals surface area contributed by atoms with Crippen molar-refractivity contribution in [3.05, 3.63) is 42.1 Å². The Hall–Kier alpha value is -1.25. The zero-order chi connectivity index (χ0) is 11.7. The monoisotopic (exact) mass is 246 g/mol. The molecule has 1 aromatic carbocycles. The molecule has 0 bridgehead atoms. The van der Waals surface area contributed by atoms with Crippen molar-refractivity contribution in [1.29, 1.82) is 0 Å². The van der Waals surface area contributed by atoms with Crippen molar-refractivity contribution >= 4 is 28.1 Å². The van der Waals surface area contributed by atoms with Gasteiger partial charge in [0.05, 0.1) is 6.00 Å². The molecule has 1 N–H and O–H groups in total. The van der Waals surface area contributed by atoms with Crippen LogP contribution in [0.15, 0.2) is 36.5 Å². The number of nitrogens with zero attached hydrogens (tertiary/aromatic N) is 1. The molecule has 0 aliphatic carbocycles. The van der Waals surface area contributed by atoms with Gasteiger partial charge in [-0.05, 0) is 18.1 Å². The molecule has 2 nitrogen and oxygen atoms in total. The molecule has 0 radical (unpaired) electrons. The van der Waals surface area contributed by atoms with Gasteiger partial charge in [0.1, 0.15) is 0 Å². The first-order valence-corrected chi connectivity index (χ1v) is 6.46. The van der Waals surface area contributed by atoms with Crippen LogP contribution < -0.4 is 0 Å². The highest BCUT2D eigenvalue weighted by molar-refractivity contribution is 6.17. The van der Waals surface area contributed by atoms with Gasteiger partial charge in [-0.25, -0.2) is 0 Å². The Morgan fingerprint density at radius 3 is 2.94 bits per heavy atom. The first kappa shape index (κ1) is 10.9. The standard InChI is InChI=1S/C14H15ClN2/c15-10-17-7-5-11(6-8-17)13-9-16-14-4-2-1-3-12(13)14/h1-5,9,16H,6-8,10H2. The summed E-state index contributed by atoms with van der Waals surface area (Å²) in [7, 11) is 0. The zero-order valence-corrected chi connectivity index (χ0v) is 10.4. The maximum absolute atomic E-state index is 5.84. The van der Waals surface area contributed by atoms with Gasteiger partial charge in [-0.3, -0.25) is 4.90 Å². The molecular weight excluding hydrogens is 232 g/mol. The quantitative estimate of drug-likeness (QED) is 0.635. The number of aromatic nitrogens is 1. The van der Waals surface area contributed by atoms with Crippen molar-refractivity contribution < 1.29 is 0 Å². The smallest absolute Gasteiger partial charge is 0.0741 e. The average molecular weight is 247 g/mol. The Balaban J connectivity index is 1.97. The van der Waals surface area contributed by atoms with Crippen LogP contribution in [0.4, 0.5) is 0 Å². The van der Waals surface area contributed by atoms with Crippen LogP contribution in [-0.4, -0.2) is 29.0 Å². The Kier molecular flexibility index (Phi) is 2.91. The number of halogens is 1. The van der Waals surface area contributed by atoms with Gasteiger partial charge in [0.25, 0.3) is 0 Å². The molecule has 2 aromatic rings. The van der Waals surface area contributed by atoms with Crippen LogP contribution in [0.2, 0.25) is 0 Å². The Morgan fingerprint density at radius 2 is 2.18 bits per heavy atom. The molecule has 88 valence electrons. The number of nitrogens with one attached hydrogen (secondary N) is 1. The summed E-state index contributed by atoms with van der Waals surface area (Å²) in [6.45, 7) is 2.01. The predicted molar refractivity (Wildman–Crippen MR) is 73.2 cm³/mol. The largest absolute Gasteiger partial charge is 0.361 e. The number of rotatable bonds is 2. The van der Waals surface area contributed by atoms with E-state index in [1.807, 2.05) is 0 Å². The lowest BCUT2D eigenvalue weighted by atomic mass is 9.99. The fourth-order valence-corrected chi connectivity index (χ4v) is 2.62. The summed E-state index contributed by atoms with van der Waals surface area (Å²) >= 11 is 5.84. The molecule has 0 saturated carbocycles.